The third-order valence-electron chi connectivity index (χ3n) is 17.8. The van der Waals surface area contributed by atoms with Gasteiger partial charge < -0.3 is 28.8 Å². The van der Waals surface area contributed by atoms with Crippen LogP contribution in [-0.2, 0) is 18.4 Å². The highest BCUT2D eigenvalue weighted by molar-refractivity contribution is 7.45. The number of carbonyl (C=O) groups excluding carboxylic acids is 1. The lowest BCUT2D eigenvalue weighted by Gasteiger charge is -2.29. The van der Waals surface area contributed by atoms with Crippen LogP contribution in [0.1, 0.15) is 399 Å². The smallest absolute Gasteiger partial charge is 0.268 e. The molecule has 0 saturated carbocycles. The molecule has 0 aromatic heterocycles. The maximum Gasteiger partial charge on any atom is 0.268 e. The first-order valence-electron chi connectivity index (χ1n) is 38.4. The minimum absolute atomic E-state index is 0.00704. The molecule has 0 aromatic rings. The zero-order valence-corrected chi connectivity index (χ0v) is 59.4. The molecule has 0 spiro atoms. The number of nitrogens with one attached hydrogen (secondary N) is 1. The van der Waals surface area contributed by atoms with E-state index in [1.165, 1.54) is 334 Å². The van der Waals surface area contributed by atoms with E-state index in [0.29, 0.717) is 17.4 Å². The lowest BCUT2D eigenvalue weighted by atomic mass is 10.0. The summed E-state index contributed by atoms with van der Waals surface area (Å²) >= 11 is 0. The largest absolute Gasteiger partial charge is 0.756 e. The number of rotatable bonds is 72. The number of aliphatic hydroxyl groups is 1. The van der Waals surface area contributed by atoms with Gasteiger partial charge in [0, 0.05) is 6.42 Å². The van der Waals surface area contributed by atoms with Gasteiger partial charge >= 0.3 is 0 Å². The quantitative estimate of drug-likeness (QED) is 0.0272. The van der Waals surface area contributed by atoms with Crippen molar-refractivity contribution in [3.63, 3.8) is 0 Å². The molecule has 1 amide bonds. The molecule has 0 saturated heterocycles. The molecule has 510 valence electrons. The molecule has 0 aromatic carbocycles. The maximum atomic E-state index is 13.0. The summed E-state index contributed by atoms with van der Waals surface area (Å²) in [7, 11) is 1.25. The van der Waals surface area contributed by atoms with Crippen LogP contribution in [0.2, 0.25) is 0 Å². The molecular weight excluding hydrogens is 1080 g/mol. The fourth-order valence-electron chi connectivity index (χ4n) is 11.9. The summed E-state index contributed by atoms with van der Waals surface area (Å²) in [6.45, 7) is 4.68. The Morgan fingerprint density at radius 2 is 0.651 bits per heavy atom. The Bertz CT molecular complexity index is 1500. The zero-order chi connectivity index (χ0) is 62.6. The van der Waals surface area contributed by atoms with Gasteiger partial charge in [0.2, 0.25) is 5.91 Å². The number of aliphatic hydroxyl groups excluding tert-OH is 1. The summed E-state index contributed by atoms with van der Waals surface area (Å²) < 4.78 is 23.5. The molecule has 9 heteroatoms. The van der Waals surface area contributed by atoms with Gasteiger partial charge in [-0.1, -0.05) is 384 Å². The van der Waals surface area contributed by atoms with Crippen LogP contribution in [0.15, 0.2) is 36.5 Å². The van der Waals surface area contributed by atoms with Crippen LogP contribution < -0.4 is 10.2 Å². The minimum atomic E-state index is -4.62. The molecule has 8 nitrogen and oxygen atoms in total. The Morgan fingerprint density at radius 1 is 0.395 bits per heavy atom. The van der Waals surface area contributed by atoms with Gasteiger partial charge in [0.15, 0.2) is 0 Å². The molecule has 0 fully saturated rings. The maximum absolute atomic E-state index is 13.0. The van der Waals surface area contributed by atoms with E-state index in [1.54, 1.807) is 6.08 Å². The number of hydrogen-bond acceptors (Lipinski definition) is 6. The van der Waals surface area contributed by atoms with Crippen molar-refractivity contribution in [1.82, 2.24) is 5.32 Å². The van der Waals surface area contributed by atoms with Crippen molar-refractivity contribution in [2.24, 2.45) is 0 Å². The van der Waals surface area contributed by atoms with E-state index in [4.69, 9.17) is 9.05 Å². The summed E-state index contributed by atoms with van der Waals surface area (Å²) in [5.41, 5.74) is 0. The summed E-state index contributed by atoms with van der Waals surface area (Å²) in [6, 6.07) is -0.910. The van der Waals surface area contributed by atoms with Crippen molar-refractivity contribution in [1.29, 1.82) is 0 Å². The highest BCUT2D eigenvalue weighted by Gasteiger charge is 2.23. The van der Waals surface area contributed by atoms with Gasteiger partial charge in [-0.05, 0) is 44.9 Å². The van der Waals surface area contributed by atoms with E-state index < -0.39 is 26.6 Å². The number of unbranched alkanes of at least 4 members (excludes halogenated alkanes) is 55. The van der Waals surface area contributed by atoms with Gasteiger partial charge in [0.25, 0.3) is 7.82 Å². The summed E-state index contributed by atoms with van der Waals surface area (Å²) in [5.74, 6) is -0.203. The van der Waals surface area contributed by atoms with E-state index in [2.05, 4.69) is 43.5 Å². The fraction of sp³-hybridized carbons (Fsp3) is 0.909. The fourth-order valence-corrected chi connectivity index (χ4v) is 12.6. The number of nitrogens with zero attached hydrogens (tertiary/aromatic N) is 1. The number of phosphoric ester groups is 1. The molecule has 0 heterocycles. The average molecular weight is 1230 g/mol. The van der Waals surface area contributed by atoms with Crippen LogP contribution in [0, 0.1) is 0 Å². The SMILES string of the molecule is CCCCCCCCCCCCCCCC/C=C/CC/C=C/CC/C=C/C(O)C(COP(=O)([O-])OCC[N+](C)(C)C)NC(=O)CCCCCCCCCCCCCCCCCCCCCCCCCCCCCCCCCCCCCCCCCC. The number of amides is 1. The second kappa shape index (κ2) is 68.1. The van der Waals surface area contributed by atoms with Crippen LogP contribution >= 0.6 is 7.82 Å². The molecule has 0 aliphatic carbocycles. The molecule has 0 aliphatic heterocycles. The molecule has 0 radical (unpaired) electrons. The lowest BCUT2D eigenvalue weighted by molar-refractivity contribution is -0.870. The number of quaternary nitrogens is 1. The Hall–Kier alpha value is -1.28. The van der Waals surface area contributed by atoms with E-state index in [1.807, 2.05) is 27.2 Å². The first-order chi connectivity index (χ1) is 42.0. The zero-order valence-electron chi connectivity index (χ0n) is 58.5. The average Bonchev–Trinajstić information content (AvgIpc) is 3.70. The summed E-state index contributed by atoms with van der Waals surface area (Å²) in [5, 5.41) is 13.9. The van der Waals surface area contributed by atoms with Crippen LogP contribution in [0.25, 0.3) is 0 Å². The van der Waals surface area contributed by atoms with Crippen molar-refractivity contribution in [3.8, 4) is 0 Å². The second-order valence-electron chi connectivity index (χ2n) is 27.7. The number of likely N-dealkylation sites (N-methyl/N-ethyl adjacent to an activating group) is 1. The second-order valence-corrected chi connectivity index (χ2v) is 29.1. The highest BCUT2D eigenvalue weighted by Crippen LogP contribution is 2.38. The van der Waals surface area contributed by atoms with Crippen molar-refractivity contribution in [2.45, 2.75) is 411 Å². The van der Waals surface area contributed by atoms with E-state index in [9.17, 15) is 19.4 Å². The first-order valence-corrected chi connectivity index (χ1v) is 39.8. The Labute approximate surface area is 537 Å². The molecule has 3 unspecified atom stereocenters. The monoisotopic (exact) mass is 1230 g/mol. The van der Waals surface area contributed by atoms with Gasteiger partial charge in [0.1, 0.15) is 13.2 Å². The van der Waals surface area contributed by atoms with Crippen LogP contribution in [0.4, 0.5) is 0 Å². The third kappa shape index (κ3) is 70.2. The number of allylic oxidation sites excluding steroid dienone is 5. The van der Waals surface area contributed by atoms with Crippen molar-refractivity contribution in [2.75, 3.05) is 40.9 Å². The van der Waals surface area contributed by atoms with E-state index in [0.717, 1.165) is 44.9 Å². The van der Waals surface area contributed by atoms with Gasteiger partial charge in [0.05, 0.1) is 39.9 Å². The topological polar surface area (TPSA) is 108 Å². The summed E-state index contributed by atoms with van der Waals surface area (Å²) in [6.07, 6.45) is 91.8. The van der Waals surface area contributed by atoms with Gasteiger partial charge in [-0.2, -0.15) is 0 Å². The molecule has 0 bridgehead atoms. The number of phosphoric acid groups is 1. The van der Waals surface area contributed by atoms with Crippen molar-refractivity contribution in [3.05, 3.63) is 36.5 Å². The van der Waals surface area contributed by atoms with Gasteiger partial charge in [-0.15, -0.1) is 0 Å². The molecule has 0 rings (SSSR count). The molecule has 0 aliphatic rings. The minimum Gasteiger partial charge on any atom is -0.756 e. The van der Waals surface area contributed by atoms with Crippen molar-refractivity contribution < 1.29 is 32.9 Å². The predicted octanol–water partition coefficient (Wildman–Crippen LogP) is 24.2. The predicted molar refractivity (Wildman–Crippen MR) is 376 cm³/mol. The van der Waals surface area contributed by atoms with Gasteiger partial charge in [-0.3, -0.25) is 9.36 Å². The lowest BCUT2D eigenvalue weighted by Crippen LogP contribution is -2.45. The number of carbonyl (C=O) groups is 1. The number of hydrogen-bond donors (Lipinski definition) is 2. The Balaban J connectivity index is 3.94. The van der Waals surface area contributed by atoms with E-state index >= 15 is 0 Å². The van der Waals surface area contributed by atoms with Crippen LogP contribution in [-0.4, -0.2) is 68.5 Å². The molecular formula is C77H151N2O6P. The summed E-state index contributed by atoms with van der Waals surface area (Å²) in [4.78, 5) is 25.6. The van der Waals surface area contributed by atoms with Gasteiger partial charge in [-0.25, -0.2) is 0 Å². The molecule has 3 atom stereocenters. The van der Waals surface area contributed by atoms with Crippen molar-refractivity contribution >= 4 is 13.7 Å². The normalized spacial score (nSPS) is 13.7. The van der Waals surface area contributed by atoms with E-state index in [-0.39, 0.29) is 12.5 Å². The molecule has 86 heavy (non-hydrogen) atoms. The molecule has 2 N–H and O–H groups in total. The Morgan fingerprint density at radius 3 is 0.942 bits per heavy atom. The third-order valence-corrected chi connectivity index (χ3v) is 18.8. The van der Waals surface area contributed by atoms with Crippen LogP contribution in [0.3, 0.4) is 0 Å². The van der Waals surface area contributed by atoms with Crippen LogP contribution in [0.5, 0.6) is 0 Å². The first kappa shape index (κ1) is 84.7. The standard InChI is InChI=1S/C77H151N2O6P/c1-6-8-10-12-14-16-18-20-22-24-26-28-30-32-33-34-35-36-37-38-39-40-41-42-43-44-45-46-47-49-51-53-55-57-59-61-63-65-67-69-71-77(81)78-75(74-85-86(82,83)84-73-72-79(3,4)5)76(80)70-68-66-64-62-60-58-56-54-52-50-48-31-29-27-25-23-21-19-17-15-13-11-9-7-2/h52,54,60,62,68,70,75-76,80H,6-51,53,55-59,61,63-67,69,71-74H2,1-5H3,(H-,78,81,82,83)/b54-52+,62-60+,70-68+. The Kier molecular flexibility index (Phi) is 67.1. The highest BCUT2D eigenvalue weighted by atomic mass is 31.2.